The van der Waals surface area contributed by atoms with E-state index in [2.05, 4.69) is 15.4 Å². The number of carbonyl (C=O) groups is 1. The third-order valence-electron chi connectivity index (χ3n) is 4.46. The summed E-state index contributed by atoms with van der Waals surface area (Å²) in [5.74, 6) is 0.176. The molecular weight excluding hydrogens is 435 g/mol. The molecule has 0 spiro atoms. The second-order valence-corrected chi connectivity index (χ2v) is 7.61. The van der Waals surface area contributed by atoms with E-state index < -0.39 is 0 Å². The third kappa shape index (κ3) is 5.63. The summed E-state index contributed by atoms with van der Waals surface area (Å²) in [6, 6.07) is 17.9. The number of carbonyl (C=O) groups excluding carboxylic acids is 1. The maximum atomic E-state index is 12.6. The number of hydrogen-bond donors (Lipinski definition) is 1. The van der Waals surface area contributed by atoms with Crippen molar-refractivity contribution < 1.29 is 9.53 Å². The van der Waals surface area contributed by atoms with Crippen molar-refractivity contribution in [2.24, 2.45) is 0 Å². The van der Waals surface area contributed by atoms with Gasteiger partial charge in [-0.25, -0.2) is 0 Å². The van der Waals surface area contributed by atoms with E-state index in [1.54, 1.807) is 42.7 Å². The van der Waals surface area contributed by atoms with Gasteiger partial charge in [0.25, 0.3) is 5.91 Å². The van der Waals surface area contributed by atoms with Crippen LogP contribution in [0.25, 0.3) is 0 Å². The number of nitrogens with zero attached hydrogens (tertiary/aromatic N) is 3. The first-order valence-corrected chi connectivity index (χ1v) is 10.2. The predicted octanol–water partition coefficient (Wildman–Crippen LogP) is 5.46. The fourth-order valence-corrected chi connectivity index (χ4v) is 3.24. The molecule has 0 aliphatic heterocycles. The van der Waals surface area contributed by atoms with E-state index in [4.69, 9.17) is 27.9 Å². The minimum Gasteiger partial charge on any atom is -0.487 e. The second-order valence-electron chi connectivity index (χ2n) is 6.77. The van der Waals surface area contributed by atoms with Crippen LogP contribution in [-0.4, -0.2) is 20.7 Å². The Morgan fingerprint density at radius 1 is 1.00 bits per heavy atom. The molecule has 0 unspecified atom stereocenters. The van der Waals surface area contributed by atoms with Crippen molar-refractivity contribution in [2.45, 2.75) is 13.2 Å². The van der Waals surface area contributed by atoms with Crippen LogP contribution in [0.4, 0.5) is 5.69 Å². The number of halogens is 2. The Bertz CT molecular complexity index is 1180. The Hall–Kier alpha value is -3.35. The quantitative estimate of drug-likeness (QED) is 0.403. The molecule has 0 bridgehead atoms. The molecule has 2 aromatic carbocycles. The molecule has 4 rings (SSSR count). The van der Waals surface area contributed by atoms with E-state index in [-0.39, 0.29) is 12.5 Å². The largest absolute Gasteiger partial charge is 0.487 e. The highest BCUT2D eigenvalue weighted by Gasteiger charge is 2.10. The molecule has 2 aromatic heterocycles. The van der Waals surface area contributed by atoms with Gasteiger partial charge in [0.15, 0.2) is 0 Å². The minimum atomic E-state index is -0.303. The van der Waals surface area contributed by atoms with Crippen molar-refractivity contribution in [3.8, 4) is 5.75 Å². The predicted molar refractivity (Wildman–Crippen MR) is 121 cm³/mol. The Morgan fingerprint density at radius 2 is 1.84 bits per heavy atom. The highest BCUT2D eigenvalue weighted by molar-refractivity contribution is 6.34. The van der Waals surface area contributed by atoms with Crippen molar-refractivity contribution in [2.75, 3.05) is 5.32 Å². The van der Waals surface area contributed by atoms with Gasteiger partial charge >= 0.3 is 0 Å². The number of rotatable bonds is 7. The van der Waals surface area contributed by atoms with E-state index in [1.807, 2.05) is 41.2 Å². The number of pyridine rings is 1. The molecule has 31 heavy (non-hydrogen) atoms. The van der Waals surface area contributed by atoms with Crippen LogP contribution in [-0.2, 0) is 13.2 Å². The van der Waals surface area contributed by atoms with Gasteiger partial charge in [-0.05, 0) is 53.6 Å². The summed E-state index contributed by atoms with van der Waals surface area (Å²) < 4.78 is 7.56. The SMILES string of the molecule is O=C(Nc1ccc(Cn2cccn2)cc1)c1cc(COc2cc(Cl)ccc2Cl)ccn1. The zero-order chi connectivity index (χ0) is 21.6. The van der Waals surface area contributed by atoms with E-state index in [9.17, 15) is 4.79 Å². The van der Waals surface area contributed by atoms with Crippen molar-refractivity contribution in [3.05, 3.63) is 106 Å². The van der Waals surface area contributed by atoms with E-state index in [1.165, 1.54) is 0 Å². The Kier molecular flexibility index (Phi) is 6.50. The Balaban J connectivity index is 1.38. The zero-order valence-corrected chi connectivity index (χ0v) is 17.8. The van der Waals surface area contributed by atoms with E-state index >= 15 is 0 Å². The van der Waals surface area contributed by atoms with E-state index in [0.717, 1.165) is 11.1 Å². The standard InChI is InChI=1S/C23H18Cl2N4O2/c24-18-4-7-20(25)22(13-18)31-15-17-8-10-26-21(12-17)23(30)28-19-5-2-16(3-6-19)14-29-11-1-9-27-29/h1-13H,14-15H2,(H,28,30). The molecule has 2 heterocycles. The number of nitrogens with one attached hydrogen (secondary N) is 1. The van der Waals surface area contributed by atoms with Gasteiger partial charge in [-0.3, -0.25) is 14.5 Å². The minimum absolute atomic E-state index is 0.227. The Morgan fingerprint density at radius 3 is 2.61 bits per heavy atom. The number of amides is 1. The molecule has 0 aliphatic rings. The highest BCUT2D eigenvalue weighted by atomic mass is 35.5. The fraction of sp³-hybridized carbons (Fsp3) is 0.0870. The van der Waals surface area contributed by atoms with Crippen molar-refractivity contribution in [1.82, 2.24) is 14.8 Å². The number of benzene rings is 2. The Labute approximate surface area is 189 Å². The molecule has 1 amide bonds. The topological polar surface area (TPSA) is 69.0 Å². The average Bonchev–Trinajstić information content (AvgIpc) is 3.29. The maximum absolute atomic E-state index is 12.6. The summed E-state index contributed by atoms with van der Waals surface area (Å²) >= 11 is 12.1. The molecule has 1 N–H and O–H groups in total. The van der Waals surface area contributed by atoms with Crippen LogP contribution < -0.4 is 10.1 Å². The summed E-state index contributed by atoms with van der Waals surface area (Å²) in [5, 5.41) is 8.04. The van der Waals surface area contributed by atoms with Crippen LogP contribution in [0.3, 0.4) is 0 Å². The number of anilines is 1. The van der Waals surface area contributed by atoms with Crippen LogP contribution in [0.2, 0.25) is 10.0 Å². The summed E-state index contributed by atoms with van der Waals surface area (Å²) in [6.07, 6.45) is 5.21. The lowest BCUT2D eigenvalue weighted by Crippen LogP contribution is -2.14. The molecule has 4 aromatic rings. The second kappa shape index (κ2) is 9.64. The molecule has 6 nitrogen and oxygen atoms in total. The first kappa shape index (κ1) is 20.9. The van der Waals surface area contributed by atoms with E-state index in [0.29, 0.717) is 33.7 Å². The van der Waals surface area contributed by atoms with Gasteiger partial charge in [-0.2, -0.15) is 5.10 Å². The van der Waals surface area contributed by atoms with Crippen LogP contribution in [0.5, 0.6) is 5.75 Å². The molecular formula is C23H18Cl2N4O2. The first-order valence-electron chi connectivity index (χ1n) is 9.47. The average molecular weight is 453 g/mol. The van der Waals surface area contributed by atoms with Crippen LogP contribution in [0.1, 0.15) is 21.6 Å². The summed E-state index contributed by atoms with van der Waals surface area (Å²) in [5.41, 5.74) is 2.84. The summed E-state index contributed by atoms with van der Waals surface area (Å²) in [6.45, 7) is 0.895. The zero-order valence-electron chi connectivity index (χ0n) is 16.3. The van der Waals surface area contributed by atoms with Gasteiger partial charge < -0.3 is 10.1 Å². The lowest BCUT2D eigenvalue weighted by molar-refractivity contribution is 0.102. The molecule has 0 atom stereocenters. The lowest BCUT2D eigenvalue weighted by atomic mass is 10.2. The molecule has 0 aliphatic carbocycles. The van der Waals surface area contributed by atoms with Crippen molar-refractivity contribution in [1.29, 1.82) is 0 Å². The maximum Gasteiger partial charge on any atom is 0.274 e. The van der Waals surface area contributed by atoms with Crippen molar-refractivity contribution in [3.63, 3.8) is 0 Å². The molecule has 0 radical (unpaired) electrons. The highest BCUT2D eigenvalue weighted by Crippen LogP contribution is 2.28. The van der Waals surface area contributed by atoms with Gasteiger partial charge in [0.2, 0.25) is 0 Å². The van der Waals surface area contributed by atoms with Gasteiger partial charge in [0, 0.05) is 35.4 Å². The van der Waals surface area contributed by atoms with Gasteiger partial charge in [-0.1, -0.05) is 35.3 Å². The van der Waals surface area contributed by atoms with Crippen LogP contribution >= 0.6 is 23.2 Å². The molecule has 8 heteroatoms. The smallest absolute Gasteiger partial charge is 0.274 e. The normalized spacial score (nSPS) is 10.6. The lowest BCUT2D eigenvalue weighted by Gasteiger charge is -2.10. The first-order chi connectivity index (χ1) is 15.1. The number of hydrogen-bond acceptors (Lipinski definition) is 4. The number of aromatic nitrogens is 3. The fourth-order valence-electron chi connectivity index (χ4n) is 2.91. The molecule has 156 valence electrons. The monoisotopic (exact) mass is 452 g/mol. The van der Waals surface area contributed by atoms with Crippen molar-refractivity contribution >= 4 is 34.8 Å². The van der Waals surface area contributed by atoms with Crippen LogP contribution in [0.15, 0.2) is 79.3 Å². The third-order valence-corrected chi connectivity index (χ3v) is 5.01. The van der Waals surface area contributed by atoms with Gasteiger partial charge in [0.05, 0.1) is 11.6 Å². The van der Waals surface area contributed by atoms with Gasteiger partial charge in [0.1, 0.15) is 18.1 Å². The molecule has 0 saturated carbocycles. The summed E-state index contributed by atoms with van der Waals surface area (Å²) in [4.78, 5) is 16.8. The van der Waals surface area contributed by atoms with Crippen LogP contribution in [0, 0.1) is 0 Å². The summed E-state index contributed by atoms with van der Waals surface area (Å²) in [7, 11) is 0. The molecule has 0 saturated heterocycles. The molecule has 0 fully saturated rings. The van der Waals surface area contributed by atoms with Gasteiger partial charge in [-0.15, -0.1) is 0 Å². The number of ether oxygens (including phenoxy) is 1.